The summed E-state index contributed by atoms with van der Waals surface area (Å²) in [4.78, 5) is 21.5. The highest BCUT2D eigenvalue weighted by Gasteiger charge is 2.21. The van der Waals surface area contributed by atoms with Crippen LogP contribution in [0.3, 0.4) is 0 Å². The van der Waals surface area contributed by atoms with E-state index in [-0.39, 0.29) is 18.3 Å². The number of carbonyl (C=O) groups excluding carboxylic acids is 1. The van der Waals surface area contributed by atoms with Gasteiger partial charge in [-0.05, 0) is 25.1 Å². The number of aromatic amines is 1. The van der Waals surface area contributed by atoms with Crippen LogP contribution >= 0.6 is 12.4 Å². The highest BCUT2D eigenvalue weighted by atomic mass is 35.5. The molecule has 1 amide bonds. The number of aromatic nitrogens is 2. The van der Waals surface area contributed by atoms with Crippen molar-refractivity contribution in [3.8, 4) is 0 Å². The van der Waals surface area contributed by atoms with E-state index in [1.165, 1.54) is 0 Å². The molecule has 0 spiro atoms. The summed E-state index contributed by atoms with van der Waals surface area (Å²) < 4.78 is 0. The van der Waals surface area contributed by atoms with Gasteiger partial charge in [0.15, 0.2) is 0 Å². The molecule has 3 rings (SSSR count). The van der Waals surface area contributed by atoms with Gasteiger partial charge in [0.25, 0.3) is 5.91 Å². The Kier molecular flexibility index (Phi) is 4.07. The van der Waals surface area contributed by atoms with E-state index in [1.807, 2.05) is 23.1 Å². The predicted octanol–water partition coefficient (Wildman–Crippen LogP) is 1.42. The second kappa shape index (κ2) is 5.59. The summed E-state index contributed by atoms with van der Waals surface area (Å²) in [6.45, 7) is 4.49. The van der Waals surface area contributed by atoms with Crippen LogP contribution in [0.25, 0.3) is 11.0 Å². The van der Waals surface area contributed by atoms with Crippen LogP contribution in [0.2, 0.25) is 0 Å². The molecule has 1 aromatic heterocycles. The molecule has 2 aromatic rings. The molecule has 0 aliphatic carbocycles. The highest BCUT2D eigenvalue weighted by Crippen LogP contribution is 2.14. The summed E-state index contributed by atoms with van der Waals surface area (Å²) in [5.41, 5.74) is 2.52. The highest BCUT2D eigenvalue weighted by molar-refractivity contribution is 5.97. The Balaban J connectivity index is 0.00000133. The number of benzene rings is 1. The maximum atomic E-state index is 12.4. The van der Waals surface area contributed by atoms with Crippen molar-refractivity contribution < 1.29 is 4.79 Å². The largest absolute Gasteiger partial charge is 0.345 e. The van der Waals surface area contributed by atoms with Gasteiger partial charge in [-0.3, -0.25) is 4.79 Å². The van der Waals surface area contributed by atoms with E-state index in [2.05, 4.69) is 22.2 Å². The van der Waals surface area contributed by atoms with E-state index in [0.29, 0.717) is 6.04 Å². The number of fused-ring (bicyclic) bond motifs is 1. The average molecular weight is 281 g/mol. The average Bonchev–Trinajstić information content (AvgIpc) is 2.85. The Morgan fingerprint density at radius 1 is 1.47 bits per heavy atom. The van der Waals surface area contributed by atoms with Crippen molar-refractivity contribution in [2.75, 3.05) is 19.6 Å². The number of hydrogen-bond acceptors (Lipinski definition) is 3. The number of nitrogens with zero attached hydrogens (tertiary/aromatic N) is 2. The number of halogens is 1. The number of amides is 1. The van der Waals surface area contributed by atoms with Crippen molar-refractivity contribution in [2.24, 2.45) is 0 Å². The van der Waals surface area contributed by atoms with Gasteiger partial charge in [0.1, 0.15) is 0 Å². The van der Waals surface area contributed by atoms with Gasteiger partial charge >= 0.3 is 0 Å². The predicted molar refractivity (Wildman–Crippen MR) is 76.7 cm³/mol. The lowest BCUT2D eigenvalue weighted by Gasteiger charge is -2.31. The molecular weight excluding hydrogens is 264 g/mol. The lowest BCUT2D eigenvalue weighted by Crippen LogP contribution is -2.51. The molecule has 1 aliphatic heterocycles. The topological polar surface area (TPSA) is 61.0 Å². The monoisotopic (exact) mass is 280 g/mol. The Bertz CT molecular complexity index is 583. The molecule has 1 atom stereocenters. The first-order chi connectivity index (χ1) is 8.74. The molecule has 0 radical (unpaired) electrons. The van der Waals surface area contributed by atoms with Crippen LogP contribution < -0.4 is 5.32 Å². The summed E-state index contributed by atoms with van der Waals surface area (Å²) in [5.74, 6) is 0.0971. The van der Waals surface area contributed by atoms with E-state index >= 15 is 0 Å². The SMILES string of the molecule is C[C@@H]1CN(C(=O)c2ccc3nc[nH]c3c2)CCN1.Cl. The van der Waals surface area contributed by atoms with Gasteiger partial charge in [-0.25, -0.2) is 4.98 Å². The number of carbonyl (C=O) groups is 1. The summed E-state index contributed by atoms with van der Waals surface area (Å²) in [5, 5.41) is 3.33. The van der Waals surface area contributed by atoms with Gasteiger partial charge in [-0.2, -0.15) is 0 Å². The Morgan fingerprint density at radius 2 is 2.32 bits per heavy atom. The van der Waals surface area contributed by atoms with E-state index in [4.69, 9.17) is 0 Å². The lowest BCUT2D eigenvalue weighted by atomic mass is 10.1. The molecule has 102 valence electrons. The minimum absolute atomic E-state index is 0. The lowest BCUT2D eigenvalue weighted by molar-refractivity contribution is 0.0709. The molecule has 2 N–H and O–H groups in total. The van der Waals surface area contributed by atoms with Gasteiger partial charge in [0.05, 0.1) is 17.4 Å². The molecule has 2 heterocycles. The minimum atomic E-state index is 0. The Hall–Kier alpha value is -1.59. The van der Waals surface area contributed by atoms with Crippen molar-refractivity contribution in [3.63, 3.8) is 0 Å². The van der Waals surface area contributed by atoms with Crippen LogP contribution in [-0.2, 0) is 0 Å². The number of hydrogen-bond donors (Lipinski definition) is 2. The molecule has 1 fully saturated rings. The maximum Gasteiger partial charge on any atom is 0.254 e. The van der Waals surface area contributed by atoms with E-state index in [0.717, 1.165) is 36.2 Å². The Morgan fingerprint density at radius 3 is 3.11 bits per heavy atom. The summed E-state index contributed by atoms with van der Waals surface area (Å²) >= 11 is 0. The molecule has 5 nitrogen and oxygen atoms in total. The number of piperazine rings is 1. The molecular formula is C13H17ClN4O. The number of imidazole rings is 1. The third kappa shape index (κ3) is 2.72. The first kappa shape index (κ1) is 13.8. The van der Waals surface area contributed by atoms with Gasteiger partial charge in [0.2, 0.25) is 0 Å². The van der Waals surface area contributed by atoms with Crippen LogP contribution in [-0.4, -0.2) is 46.5 Å². The third-order valence-electron chi connectivity index (χ3n) is 3.32. The fraction of sp³-hybridized carbons (Fsp3) is 0.385. The van der Waals surface area contributed by atoms with E-state index < -0.39 is 0 Å². The third-order valence-corrected chi connectivity index (χ3v) is 3.32. The quantitative estimate of drug-likeness (QED) is 0.830. The molecule has 1 saturated heterocycles. The molecule has 1 aliphatic rings. The van der Waals surface area contributed by atoms with Gasteiger partial charge in [-0.15, -0.1) is 12.4 Å². The normalized spacial score (nSPS) is 19.2. The van der Waals surface area contributed by atoms with Crippen LogP contribution in [0, 0.1) is 0 Å². The van der Waals surface area contributed by atoms with Crippen molar-refractivity contribution in [1.29, 1.82) is 0 Å². The molecule has 0 unspecified atom stereocenters. The maximum absolute atomic E-state index is 12.4. The molecule has 6 heteroatoms. The van der Waals surface area contributed by atoms with Crippen LogP contribution in [0.5, 0.6) is 0 Å². The second-order valence-electron chi connectivity index (χ2n) is 4.74. The van der Waals surface area contributed by atoms with Crippen LogP contribution in [0.15, 0.2) is 24.5 Å². The van der Waals surface area contributed by atoms with Gasteiger partial charge in [-0.1, -0.05) is 0 Å². The fourth-order valence-corrected chi connectivity index (χ4v) is 2.37. The van der Waals surface area contributed by atoms with Crippen molar-refractivity contribution >= 4 is 29.3 Å². The summed E-state index contributed by atoms with van der Waals surface area (Å²) in [6.07, 6.45) is 1.64. The zero-order chi connectivity index (χ0) is 12.5. The van der Waals surface area contributed by atoms with Gasteiger partial charge in [0, 0.05) is 31.2 Å². The van der Waals surface area contributed by atoms with Crippen molar-refractivity contribution in [3.05, 3.63) is 30.1 Å². The first-order valence-electron chi connectivity index (χ1n) is 6.20. The fourth-order valence-electron chi connectivity index (χ4n) is 2.37. The number of rotatable bonds is 1. The minimum Gasteiger partial charge on any atom is -0.345 e. The van der Waals surface area contributed by atoms with Gasteiger partial charge < -0.3 is 15.2 Å². The molecule has 0 saturated carbocycles. The smallest absolute Gasteiger partial charge is 0.254 e. The summed E-state index contributed by atoms with van der Waals surface area (Å²) in [6, 6.07) is 5.96. The zero-order valence-corrected chi connectivity index (χ0v) is 11.5. The van der Waals surface area contributed by atoms with E-state index in [9.17, 15) is 4.79 Å². The standard InChI is InChI=1S/C13H16N4O.ClH/c1-9-7-17(5-4-14-9)13(18)10-2-3-11-12(6-10)16-8-15-11;/h2-3,6,8-9,14H,4-5,7H2,1H3,(H,15,16);1H/t9-;/m1./s1. The van der Waals surface area contributed by atoms with E-state index in [1.54, 1.807) is 6.33 Å². The zero-order valence-electron chi connectivity index (χ0n) is 10.7. The Labute approximate surface area is 117 Å². The first-order valence-corrected chi connectivity index (χ1v) is 6.20. The summed E-state index contributed by atoms with van der Waals surface area (Å²) in [7, 11) is 0. The molecule has 0 bridgehead atoms. The number of nitrogens with one attached hydrogen (secondary N) is 2. The second-order valence-corrected chi connectivity index (χ2v) is 4.74. The van der Waals surface area contributed by atoms with Crippen molar-refractivity contribution in [1.82, 2.24) is 20.2 Å². The molecule has 1 aromatic carbocycles. The molecule has 19 heavy (non-hydrogen) atoms. The van der Waals surface area contributed by atoms with Crippen LogP contribution in [0.4, 0.5) is 0 Å². The van der Waals surface area contributed by atoms with Crippen LogP contribution in [0.1, 0.15) is 17.3 Å². The number of H-pyrrole nitrogens is 1. The van der Waals surface area contributed by atoms with Crippen molar-refractivity contribution in [2.45, 2.75) is 13.0 Å².